The summed E-state index contributed by atoms with van der Waals surface area (Å²) in [5, 5.41) is 9.52. The fourth-order valence-electron chi connectivity index (χ4n) is 2.35. The molecule has 15 heavy (non-hydrogen) atoms. The zero-order chi connectivity index (χ0) is 11.3. The van der Waals surface area contributed by atoms with Crippen LogP contribution in [0.4, 0.5) is 0 Å². The molecular formula is C13H21NO. The molecule has 2 heteroatoms. The second kappa shape index (κ2) is 5.29. The van der Waals surface area contributed by atoms with Gasteiger partial charge in [0, 0.05) is 12.0 Å². The summed E-state index contributed by atoms with van der Waals surface area (Å²) in [6.07, 6.45) is 9.02. The Hall–Kier alpha value is -0.860. The van der Waals surface area contributed by atoms with Gasteiger partial charge in [-0.25, -0.2) is 0 Å². The number of aliphatic hydroxyl groups excluding tert-OH is 1. The molecule has 3 N–H and O–H groups in total. The molecule has 0 aliphatic heterocycles. The monoisotopic (exact) mass is 207 g/mol. The zero-order valence-corrected chi connectivity index (χ0v) is 9.28. The lowest BCUT2D eigenvalue weighted by Crippen LogP contribution is -2.37. The van der Waals surface area contributed by atoms with Crippen LogP contribution < -0.4 is 5.73 Å². The average Bonchev–Trinajstić information content (AvgIpc) is 2.28. The van der Waals surface area contributed by atoms with Gasteiger partial charge in [0.25, 0.3) is 0 Å². The standard InChI is InChI=1S/C13H21NO/c1-3-5-11(4-2)13(10-14)8-6-12(15)7-9-13/h3-5,12,15H,1-2,6-10,14H2/b11-5+. The van der Waals surface area contributed by atoms with E-state index < -0.39 is 0 Å². The first-order chi connectivity index (χ1) is 7.18. The van der Waals surface area contributed by atoms with Crippen LogP contribution in [0.2, 0.25) is 0 Å². The molecule has 0 saturated heterocycles. The predicted octanol–water partition coefficient (Wildman–Crippen LogP) is 2.16. The maximum atomic E-state index is 9.52. The van der Waals surface area contributed by atoms with Crippen molar-refractivity contribution in [2.75, 3.05) is 6.54 Å². The van der Waals surface area contributed by atoms with E-state index in [1.807, 2.05) is 12.2 Å². The third-order valence-corrected chi connectivity index (χ3v) is 3.43. The Morgan fingerprint density at radius 3 is 2.40 bits per heavy atom. The topological polar surface area (TPSA) is 46.2 Å². The summed E-state index contributed by atoms with van der Waals surface area (Å²) in [5.74, 6) is 0. The first kappa shape index (κ1) is 12.2. The van der Waals surface area contributed by atoms with E-state index >= 15 is 0 Å². The quantitative estimate of drug-likeness (QED) is 0.694. The number of allylic oxidation sites excluding steroid dienone is 3. The Morgan fingerprint density at radius 1 is 1.40 bits per heavy atom. The second-order valence-electron chi connectivity index (χ2n) is 4.28. The normalized spacial score (nSPS) is 32.4. The number of hydrogen-bond acceptors (Lipinski definition) is 2. The van der Waals surface area contributed by atoms with Gasteiger partial charge in [-0.3, -0.25) is 0 Å². The lowest BCUT2D eigenvalue weighted by molar-refractivity contribution is 0.0842. The van der Waals surface area contributed by atoms with Gasteiger partial charge in [-0.05, 0) is 31.3 Å². The van der Waals surface area contributed by atoms with E-state index in [1.165, 1.54) is 0 Å². The molecule has 1 rings (SSSR count). The number of rotatable bonds is 4. The molecule has 1 saturated carbocycles. The summed E-state index contributed by atoms with van der Waals surface area (Å²) in [6.45, 7) is 8.16. The van der Waals surface area contributed by atoms with E-state index in [-0.39, 0.29) is 11.5 Å². The number of nitrogens with two attached hydrogens (primary N) is 1. The van der Waals surface area contributed by atoms with Crippen molar-refractivity contribution < 1.29 is 5.11 Å². The first-order valence-electron chi connectivity index (χ1n) is 5.52. The van der Waals surface area contributed by atoms with Gasteiger partial charge in [0.2, 0.25) is 0 Å². The average molecular weight is 207 g/mol. The van der Waals surface area contributed by atoms with Crippen molar-refractivity contribution in [3.05, 3.63) is 37.0 Å². The Kier molecular flexibility index (Phi) is 4.30. The van der Waals surface area contributed by atoms with Gasteiger partial charge in [-0.1, -0.05) is 31.4 Å². The molecule has 84 valence electrons. The van der Waals surface area contributed by atoms with Crippen molar-refractivity contribution in [1.82, 2.24) is 0 Å². The van der Waals surface area contributed by atoms with Gasteiger partial charge in [0.15, 0.2) is 0 Å². The molecule has 0 spiro atoms. The van der Waals surface area contributed by atoms with Gasteiger partial charge in [0.1, 0.15) is 0 Å². The molecule has 1 aliphatic rings. The van der Waals surface area contributed by atoms with E-state index in [2.05, 4.69) is 13.2 Å². The van der Waals surface area contributed by atoms with Crippen molar-refractivity contribution in [3.63, 3.8) is 0 Å². The van der Waals surface area contributed by atoms with Crippen molar-refractivity contribution in [2.45, 2.75) is 31.8 Å². The highest BCUT2D eigenvalue weighted by Crippen LogP contribution is 2.42. The highest BCUT2D eigenvalue weighted by atomic mass is 16.3. The molecule has 0 heterocycles. The summed E-state index contributed by atoms with van der Waals surface area (Å²) in [4.78, 5) is 0. The maximum Gasteiger partial charge on any atom is 0.0541 e. The Bertz CT molecular complexity index is 260. The zero-order valence-electron chi connectivity index (χ0n) is 9.28. The van der Waals surface area contributed by atoms with Gasteiger partial charge < -0.3 is 10.8 Å². The fraction of sp³-hybridized carbons (Fsp3) is 0.538. The molecule has 0 atom stereocenters. The molecule has 1 fully saturated rings. The fourth-order valence-corrected chi connectivity index (χ4v) is 2.35. The largest absolute Gasteiger partial charge is 0.393 e. The molecule has 0 aromatic heterocycles. The van der Waals surface area contributed by atoms with Crippen LogP contribution in [0.1, 0.15) is 25.7 Å². The van der Waals surface area contributed by atoms with Crippen LogP contribution >= 0.6 is 0 Å². The molecule has 0 aromatic carbocycles. The van der Waals surface area contributed by atoms with Crippen LogP contribution in [0.5, 0.6) is 0 Å². The van der Waals surface area contributed by atoms with Crippen molar-refractivity contribution in [2.24, 2.45) is 11.1 Å². The lowest BCUT2D eigenvalue weighted by Gasteiger charge is -2.39. The maximum absolute atomic E-state index is 9.52. The molecular weight excluding hydrogens is 186 g/mol. The van der Waals surface area contributed by atoms with Gasteiger partial charge in [-0.2, -0.15) is 0 Å². The van der Waals surface area contributed by atoms with Crippen molar-refractivity contribution in [3.8, 4) is 0 Å². The Morgan fingerprint density at radius 2 is 2.00 bits per heavy atom. The van der Waals surface area contributed by atoms with Crippen LogP contribution in [0.15, 0.2) is 37.0 Å². The Balaban J connectivity index is 2.88. The predicted molar refractivity (Wildman–Crippen MR) is 64.4 cm³/mol. The molecule has 2 nitrogen and oxygen atoms in total. The molecule has 0 amide bonds. The first-order valence-corrected chi connectivity index (χ1v) is 5.52. The Labute approximate surface area is 92.2 Å². The molecule has 0 radical (unpaired) electrons. The third-order valence-electron chi connectivity index (χ3n) is 3.43. The highest BCUT2D eigenvalue weighted by molar-refractivity contribution is 5.30. The van der Waals surface area contributed by atoms with E-state index in [1.54, 1.807) is 6.08 Å². The minimum absolute atomic E-state index is 0.00910. The molecule has 0 unspecified atom stereocenters. The molecule has 1 aliphatic carbocycles. The number of hydrogen-bond donors (Lipinski definition) is 2. The van der Waals surface area contributed by atoms with Crippen LogP contribution in [0.3, 0.4) is 0 Å². The minimum atomic E-state index is -0.153. The van der Waals surface area contributed by atoms with Gasteiger partial charge in [-0.15, -0.1) is 0 Å². The lowest BCUT2D eigenvalue weighted by atomic mass is 9.68. The third kappa shape index (κ3) is 2.58. The van der Waals surface area contributed by atoms with Crippen LogP contribution in [0, 0.1) is 5.41 Å². The molecule has 0 aromatic rings. The van der Waals surface area contributed by atoms with E-state index in [4.69, 9.17) is 5.73 Å². The molecule has 0 bridgehead atoms. The highest BCUT2D eigenvalue weighted by Gasteiger charge is 2.35. The van der Waals surface area contributed by atoms with E-state index in [0.717, 1.165) is 31.3 Å². The van der Waals surface area contributed by atoms with Crippen LogP contribution in [-0.4, -0.2) is 17.8 Å². The minimum Gasteiger partial charge on any atom is -0.393 e. The van der Waals surface area contributed by atoms with Gasteiger partial charge >= 0.3 is 0 Å². The summed E-state index contributed by atoms with van der Waals surface area (Å²) >= 11 is 0. The summed E-state index contributed by atoms with van der Waals surface area (Å²) < 4.78 is 0. The summed E-state index contributed by atoms with van der Waals surface area (Å²) in [7, 11) is 0. The SMILES string of the molecule is C=C/C=C(\C=C)C1(CN)CCC(O)CC1. The van der Waals surface area contributed by atoms with Crippen LogP contribution in [0.25, 0.3) is 0 Å². The summed E-state index contributed by atoms with van der Waals surface area (Å²) in [6, 6.07) is 0. The van der Waals surface area contributed by atoms with E-state index in [0.29, 0.717) is 6.54 Å². The van der Waals surface area contributed by atoms with E-state index in [9.17, 15) is 5.11 Å². The number of aliphatic hydroxyl groups is 1. The van der Waals surface area contributed by atoms with Gasteiger partial charge in [0.05, 0.1) is 6.10 Å². The van der Waals surface area contributed by atoms with Crippen molar-refractivity contribution in [1.29, 1.82) is 0 Å². The van der Waals surface area contributed by atoms with Crippen molar-refractivity contribution >= 4 is 0 Å². The van der Waals surface area contributed by atoms with Crippen LogP contribution in [-0.2, 0) is 0 Å². The smallest absolute Gasteiger partial charge is 0.0541 e. The summed E-state index contributed by atoms with van der Waals surface area (Å²) in [5.41, 5.74) is 7.05. The second-order valence-corrected chi connectivity index (χ2v) is 4.28.